The van der Waals surface area contributed by atoms with Crippen LogP contribution in [-0.2, 0) is 5.41 Å². The van der Waals surface area contributed by atoms with Crippen LogP contribution in [-0.4, -0.2) is 0 Å². The zero-order chi connectivity index (χ0) is 14.0. The molecule has 0 nitrogen and oxygen atoms in total. The second-order valence-electron chi connectivity index (χ2n) is 5.74. The number of aryl methyl sites for hydroxylation is 1. The second-order valence-corrected chi connectivity index (χ2v) is 8.69. The first-order valence-corrected chi connectivity index (χ1v) is 8.53. The molecule has 0 aliphatic heterocycles. The predicted molar refractivity (Wildman–Crippen MR) is 73.7 cm³/mol. The summed E-state index contributed by atoms with van der Waals surface area (Å²) in [6.07, 6.45) is 0. The summed E-state index contributed by atoms with van der Waals surface area (Å²) in [5, 5.41) is 0. The van der Waals surface area contributed by atoms with E-state index in [9.17, 15) is 4.39 Å². The van der Waals surface area contributed by atoms with Crippen molar-refractivity contribution < 1.29 is 25.6 Å². The van der Waals surface area contributed by atoms with Crippen LogP contribution in [0.1, 0.15) is 31.9 Å². The molecule has 0 fully saturated rings. The van der Waals surface area contributed by atoms with E-state index in [2.05, 4.69) is 52.0 Å². The fourth-order valence-electron chi connectivity index (χ4n) is 1.80. The van der Waals surface area contributed by atoms with Gasteiger partial charge in [0.2, 0.25) is 0 Å². The summed E-state index contributed by atoms with van der Waals surface area (Å²) in [6.45, 7) is 8.70. The molecule has 2 rings (SSSR count). The van der Waals surface area contributed by atoms with Crippen LogP contribution in [0.4, 0.5) is 4.39 Å². The zero-order valence-electron chi connectivity index (χ0n) is 11.8. The van der Waals surface area contributed by atoms with Crippen LogP contribution in [0, 0.1) is 19.9 Å². The Morgan fingerprint density at radius 3 is 2.16 bits per heavy atom. The summed E-state index contributed by atoms with van der Waals surface area (Å²) in [7, 11) is 0. The van der Waals surface area contributed by atoms with Crippen LogP contribution >= 0.6 is 0 Å². The predicted octanol–water partition coefficient (Wildman–Crippen LogP) is 1.56. The first-order chi connectivity index (χ1) is 8.86. The Bertz CT molecular complexity index is 565. The molecular formula is C17H19FI-. The quantitative estimate of drug-likeness (QED) is 0.705. The Morgan fingerprint density at radius 2 is 1.58 bits per heavy atom. The Hall–Kier alpha value is -0.900. The number of benzene rings is 2. The van der Waals surface area contributed by atoms with Crippen molar-refractivity contribution in [2.45, 2.75) is 33.1 Å². The van der Waals surface area contributed by atoms with Crippen LogP contribution in [0.25, 0.3) is 0 Å². The van der Waals surface area contributed by atoms with Gasteiger partial charge in [-0.25, -0.2) is 0 Å². The number of halogens is 2. The third-order valence-corrected chi connectivity index (χ3v) is 6.14. The van der Waals surface area contributed by atoms with E-state index in [0.717, 1.165) is 0 Å². The third kappa shape index (κ3) is 3.78. The summed E-state index contributed by atoms with van der Waals surface area (Å²) in [4.78, 5) is 0. The van der Waals surface area contributed by atoms with Crippen molar-refractivity contribution in [2.24, 2.45) is 0 Å². The molecule has 0 radical (unpaired) electrons. The Morgan fingerprint density at radius 1 is 0.947 bits per heavy atom. The van der Waals surface area contributed by atoms with Crippen molar-refractivity contribution in [1.29, 1.82) is 0 Å². The number of hydrogen-bond donors (Lipinski definition) is 0. The Balaban J connectivity index is 2.22. The fourth-order valence-corrected chi connectivity index (χ4v) is 4.25. The van der Waals surface area contributed by atoms with Gasteiger partial charge in [-0.2, -0.15) is 0 Å². The van der Waals surface area contributed by atoms with Crippen LogP contribution in [0.2, 0.25) is 0 Å². The first kappa shape index (κ1) is 14.5. The van der Waals surface area contributed by atoms with Crippen LogP contribution in [0.5, 0.6) is 0 Å². The maximum atomic E-state index is 13.3. The Kier molecular flexibility index (Phi) is 4.29. The van der Waals surface area contributed by atoms with E-state index in [1.807, 2.05) is 6.07 Å². The molecule has 0 saturated carbocycles. The van der Waals surface area contributed by atoms with Gasteiger partial charge in [0, 0.05) is 0 Å². The topological polar surface area (TPSA) is 0 Å². The van der Waals surface area contributed by atoms with Gasteiger partial charge in [0.25, 0.3) is 0 Å². The first-order valence-electron chi connectivity index (χ1n) is 6.38. The summed E-state index contributed by atoms with van der Waals surface area (Å²) in [5.41, 5.74) is 2.72. The molecule has 0 heterocycles. The minimum atomic E-state index is -0.299. The number of rotatable bonds is 2. The molecular weight excluding hydrogens is 350 g/mol. The van der Waals surface area contributed by atoms with Crippen LogP contribution in [0.15, 0.2) is 42.5 Å². The van der Waals surface area contributed by atoms with Crippen molar-refractivity contribution in [2.75, 3.05) is 0 Å². The average Bonchev–Trinajstić information content (AvgIpc) is 2.33. The van der Waals surface area contributed by atoms with Crippen molar-refractivity contribution in [1.82, 2.24) is 0 Å². The molecule has 0 spiro atoms. The zero-order valence-corrected chi connectivity index (χ0v) is 14.0. The SMILES string of the molecule is Cc1ccc(F)cc1[I-]c1ccc(C(C)(C)C)cc1. The molecule has 0 amide bonds. The molecule has 0 bridgehead atoms. The summed E-state index contributed by atoms with van der Waals surface area (Å²) in [5.74, 6) is -0.133. The van der Waals surface area contributed by atoms with E-state index in [-0.39, 0.29) is 32.4 Å². The minimum absolute atomic E-state index is 0.133. The van der Waals surface area contributed by atoms with Crippen LogP contribution in [0.3, 0.4) is 0 Å². The molecule has 0 saturated heterocycles. The van der Waals surface area contributed by atoms with Gasteiger partial charge in [0.05, 0.1) is 0 Å². The molecule has 2 heteroatoms. The van der Waals surface area contributed by atoms with Gasteiger partial charge in [0.1, 0.15) is 0 Å². The van der Waals surface area contributed by atoms with Crippen molar-refractivity contribution in [3.05, 3.63) is 66.5 Å². The second kappa shape index (κ2) is 5.61. The standard InChI is InChI=1S/C17H19FI/c1-12-5-8-14(18)11-16(12)19-15-9-6-13(7-10-15)17(2,3)4/h5-11H,1-4H3/q-1. The molecule has 0 N–H and O–H groups in total. The maximum absolute atomic E-state index is 13.3. The normalized spacial score (nSPS) is 11.8. The van der Waals surface area contributed by atoms with E-state index in [4.69, 9.17) is 0 Å². The van der Waals surface area contributed by atoms with E-state index in [1.165, 1.54) is 24.3 Å². The monoisotopic (exact) mass is 369 g/mol. The fraction of sp³-hybridized carbons (Fsp3) is 0.294. The van der Waals surface area contributed by atoms with Crippen molar-refractivity contribution in [3.63, 3.8) is 0 Å². The van der Waals surface area contributed by atoms with Gasteiger partial charge in [-0.3, -0.25) is 0 Å². The molecule has 2 aromatic rings. The summed E-state index contributed by atoms with van der Waals surface area (Å²) < 4.78 is 15.8. The van der Waals surface area contributed by atoms with E-state index in [1.54, 1.807) is 6.07 Å². The van der Waals surface area contributed by atoms with Gasteiger partial charge in [-0.05, 0) is 0 Å². The van der Waals surface area contributed by atoms with Gasteiger partial charge < -0.3 is 0 Å². The average molecular weight is 369 g/mol. The molecule has 0 aliphatic carbocycles. The van der Waals surface area contributed by atoms with Gasteiger partial charge >= 0.3 is 125 Å². The number of hydrogen-bond acceptors (Lipinski definition) is 0. The van der Waals surface area contributed by atoms with E-state index < -0.39 is 0 Å². The molecule has 19 heavy (non-hydrogen) atoms. The van der Waals surface area contributed by atoms with E-state index in [0.29, 0.717) is 0 Å². The Labute approximate surface area is 125 Å². The molecule has 0 unspecified atom stereocenters. The summed E-state index contributed by atoms with van der Waals surface area (Å²) >= 11 is -0.299. The molecule has 2 aromatic carbocycles. The van der Waals surface area contributed by atoms with Crippen molar-refractivity contribution in [3.8, 4) is 0 Å². The van der Waals surface area contributed by atoms with Crippen molar-refractivity contribution >= 4 is 0 Å². The van der Waals surface area contributed by atoms with E-state index >= 15 is 0 Å². The molecule has 0 aromatic heterocycles. The van der Waals surface area contributed by atoms with Gasteiger partial charge in [-0.15, -0.1) is 0 Å². The van der Waals surface area contributed by atoms with Gasteiger partial charge in [-0.1, -0.05) is 0 Å². The summed E-state index contributed by atoms with van der Waals surface area (Å²) in [6, 6.07) is 13.9. The molecule has 0 atom stereocenters. The van der Waals surface area contributed by atoms with Gasteiger partial charge in [0.15, 0.2) is 0 Å². The molecule has 102 valence electrons. The third-order valence-electron chi connectivity index (χ3n) is 3.06. The van der Waals surface area contributed by atoms with Crippen LogP contribution < -0.4 is 21.2 Å². The molecule has 0 aliphatic rings.